The average molecular weight is 358 g/mol. The van der Waals surface area contributed by atoms with Crippen LogP contribution >= 0.6 is 15.9 Å². The van der Waals surface area contributed by atoms with Crippen LogP contribution in [-0.2, 0) is 11.3 Å². The first kappa shape index (κ1) is 18.0. The predicted molar refractivity (Wildman–Crippen MR) is 89.2 cm³/mol. The van der Waals surface area contributed by atoms with Crippen LogP contribution in [0.3, 0.4) is 0 Å². The van der Waals surface area contributed by atoms with Crippen molar-refractivity contribution in [3.05, 3.63) is 34.8 Å². The van der Waals surface area contributed by atoms with Crippen LogP contribution in [0.1, 0.15) is 19.4 Å². The fourth-order valence-corrected chi connectivity index (χ4v) is 2.32. The number of ether oxygens (including phenoxy) is 3. The monoisotopic (exact) mass is 357 g/mol. The second kappa shape index (κ2) is 9.82. The van der Waals surface area contributed by atoms with Crippen LogP contribution in [0.15, 0.2) is 29.3 Å². The molecule has 0 aromatic heterocycles. The van der Waals surface area contributed by atoms with E-state index in [-0.39, 0.29) is 6.10 Å². The van der Waals surface area contributed by atoms with Crippen molar-refractivity contribution in [1.29, 1.82) is 0 Å². The van der Waals surface area contributed by atoms with Gasteiger partial charge >= 0.3 is 0 Å². The van der Waals surface area contributed by atoms with Crippen molar-refractivity contribution >= 4 is 15.9 Å². The minimum Gasteiger partial charge on any atom is -0.490 e. The number of benzene rings is 1. The molecule has 0 aliphatic rings. The number of hydrogen-bond donors (Lipinski definition) is 1. The van der Waals surface area contributed by atoms with Crippen molar-refractivity contribution in [2.24, 2.45) is 0 Å². The van der Waals surface area contributed by atoms with E-state index in [1.165, 1.54) is 0 Å². The lowest BCUT2D eigenvalue weighted by molar-refractivity contribution is 0.199. The van der Waals surface area contributed by atoms with E-state index < -0.39 is 0 Å². The summed E-state index contributed by atoms with van der Waals surface area (Å²) in [4.78, 5) is 0. The molecule has 1 aromatic carbocycles. The molecule has 0 aliphatic carbocycles. The highest BCUT2D eigenvalue weighted by Gasteiger charge is 2.14. The fourth-order valence-electron chi connectivity index (χ4n) is 1.74. The van der Waals surface area contributed by atoms with Crippen LogP contribution < -0.4 is 14.8 Å². The normalized spacial score (nSPS) is 12.0. The van der Waals surface area contributed by atoms with E-state index in [0.29, 0.717) is 19.0 Å². The van der Waals surface area contributed by atoms with E-state index in [1.807, 2.05) is 26.0 Å². The van der Waals surface area contributed by atoms with E-state index in [4.69, 9.17) is 14.2 Å². The molecule has 0 bridgehead atoms. The summed E-state index contributed by atoms with van der Waals surface area (Å²) >= 11 is 3.56. The van der Waals surface area contributed by atoms with E-state index in [0.717, 1.165) is 28.9 Å². The van der Waals surface area contributed by atoms with E-state index >= 15 is 0 Å². The van der Waals surface area contributed by atoms with Gasteiger partial charge in [0.1, 0.15) is 6.10 Å². The van der Waals surface area contributed by atoms with Gasteiger partial charge in [0.2, 0.25) is 0 Å². The van der Waals surface area contributed by atoms with Crippen molar-refractivity contribution in [2.45, 2.75) is 26.5 Å². The van der Waals surface area contributed by atoms with E-state index in [2.05, 4.69) is 27.8 Å². The summed E-state index contributed by atoms with van der Waals surface area (Å²) in [6, 6.07) is 4.03. The van der Waals surface area contributed by atoms with Gasteiger partial charge < -0.3 is 19.5 Å². The number of rotatable bonds is 10. The van der Waals surface area contributed by atoms with Crippen LogP contribution in [0, 0.1) is 0 Å². The molecular formula is C16H24BrNO3. The molecule has 0 radical (unpaired) electrons. The summed E-state index contributed by atoms with van der Waals surface area (Å²) in [5.41, 5.74) is 1.13. The van der Waals surface area contributed by atoms with Gasteiger partial charge in [-0.1, -0.05) is 12.7 Å². The highest BCUT2D eigenvalue weighted by atomic mass is 79.9. The first-order chi connectivity index (χ1) is 10.1. The molecule has 5 heteroatoms. The van der Waals surface area contributed by atoms with Gasteiger partial charge in [0, 0.05) is 20.2 Å². The molecule has 1 atom stereocenters. The topological polar surface area (TPSA) is 39.7 Å². The molecule has 1 rings (SSSR count). The zero-order valence-electron chi connectivity index (χ0n) is 12.9. The van der Waals surface area contributed by atoms with Crippen LogP contribution in [0.2, 0.25) is 0 Å². The standard InChI is InChI=1S/C16H24BrNO3/c1-5-12(3)21-16-14(17)9-13(10-15(16)20-6-2)11-18-7-8-19-4/h5,9-10,12,18H,1,6-8,11H2,2-4H3. The Labute approximate surface area is 135 Å². The molecule has 0 fully saturated rings. The molecule has 0 saturated heterocycles. The minimum atomic E-state index is -0.0776. The van der Waals surface area contributed by atoms with Crippen molar-refractivity contribution in [1.82, 2.24) is 5.32 Å². The Hall–Kier alpha value is -1.04. The Kier molecular flexibility index (Phi) is 8.42. The molecule has 1 N–H and O–H groups in total. The number of methoxy groups -OCH3 is 1. The Bertz CT molecular complexity index is 451. The lowest BCUT2D eigenvalue weighted by atomic mass is 10.2. The Morgan fingerprint density at radius 2 is 2.19 bits per heavy atom. The van der Waals surface area contributed by atoms with Gasteiger partial charge in [-0.2, -0.15) is 0 Å². The third kappa shape index (κ3) is 6.08. The second-order valence-corrected chi connectivity index (χ2v) is 5.42. The smallest absolute Gasteiger partial charge is 0.176 e. The summed E-state index contributed by atoms with van der Waals surface area (Å²) in [6.45, 7) is 10.5. The molecule has 0 saturated carbocycles. The van der Waals surface area contributed by atoms with Gasteiger partial charge in [-0.15, -0.1) is 0 Å². The molecule has 1 aromatic rings. The summed E-state index contributed by atoms with van der Waals surface area (Å²) in [5.74, 6) is 1.45. The summed E-state index contributed by atoms with van der Waals surface area (Å²) in [7, 11) is 1.69. The molecule has 0 aliphatic heterocycles. The Morgan fingerprint density at radius 1 is 1.43 bits per heavy atom. The SMILES string of the molecule is C=CC(C)Oc1c(Br)cc(CNCCOC)cc1OCC. The predicted octanol–water partition coefficient (Wildman–Crippen LogP) is 3.54. The summed E-state index contributed by atoms with van der Waals surface area (Å²) in [6.07, 6.45) is 1.67. The zero-order chi connectivity index (χ0) is 15.7. The molecule has 0 heterocycles. The molecule has 4 nitrogen and oxygen atoms in total. The highest BCUT2D eigenvalue weighted by Crippen LogP contribution is 2.37. The van der Waals surface area contributed by atoms with Crippen LogP contribution in [0.5, 0.6) is 11.5 Å². The van der Waals surface area contributed by atoms with Gasteiger partial charge in [0.05, 0.1) is 17.7 Å². The third-order valence-electron chi connectivity index (χ3n) is 2.82. The number of nitrogens with one attached hydrogen (secondary N) is 1. The zero-order valence-corrected chi connectivity index (χ0v) is 14.5. The van der Waals surface area contributed by atoms with Gasteiger partial charge in [-0.25, -0.2) is 0 Å². The quantitative estimate of drug-likeness (QED) is 0.513. The molecule has 0 spiro atoms. The lowest BCUT2D eigenvalue weighted by Gasteiger charge is -2.18. The molecule has 21 heavy (non-hydrogen) atoms. The lowest BCUT2D eigenvalue weighted by Crippen LogP contribution is -2.18. The van der Waals surface area contributed by atoms with Crippen molar-refractivity contribution in [3.63, 3.8) is 0 Å². The summed E-state index contributed by atoms with van der Waals surface area (Å²) < 4.78 is 17.4. The molecule has 118 valence electrons. The van der Waals surface area contributed by atoms with Crippen LogP contribution in [-0.4, -0.2) is 33.0 Å². The Morgan fingerprint density at radius 3 is 2.81 bits per heavy atom. The fraction of sp³-hybridized carbons (Fsp3) is 0.500. The first-order valence-corrected chi connectivity index (χ1v) is 7.85. The molecule has 1 unspecified atom stereocenters. The first-order valence-electron chi connectivity index (χ1n) is 7.06. The van der Waals surface area contributed by atoms with Crippen molar-refractivity contribution in [3.8, 4) is 11.5 Å². The van der Waals surface area contributed by atoms with E-state index in [1.54, 1.807) is 13.2 Å². The maximum absolute atomic E-state index is 5.85. The van der Waals surface area contributed by atoms with Crippen molar-refractivity contribution in [2.75, 3.05) is 26.9 Å². The van der Waals surface area contributed by atoms with Gasteiger partial charge in [-0.3, -0.25) is 0 Å². The average Bonchev–Trinajstić information content (AvgIpc) is 2.47. The van der Waals surface area contributed by atoms with Crippen LogP contribution in [0.25, 0.3) is 0 Å². The maximum atomic E-state index is 5.85. The van der Waals surface area contributed by atoms with E-state index in [9.17, 15) is 0 Å². The van der Waals surface area contributed by atoms with Crippen LogP contribution in [0.4, 0.5) is 0 Å². The Balaban J connectivity index is 2.86. The highest BCUT2D eigenvalue weighted by molar-refractivity contribution is 9.10. The van der Waals surface area contributed by atoms with Gasteiger partial charge in [0.15, 0.2) is 11.5 Å². The maximum Gasteiger partial charge on any atom is 0.176 e. The largest absolute Gasteiger partial charge is 0.490 e. The minimum absolute atomic E-state index is 0.0776. The van der Waals surface area contributed by atoms with Gasteiger partial charge in [-0.05, 0) is 47.5 Å². The van der Waals surface area contributed by atoms with Crippen molar-refractivity contribution < 1.29 is 14.2 Å². The summed E-state index contributed by atoms with van der Waals surface area (Å²) in [5, 5.41) is 3.31. The third-order valence-corrected chi connectivity index (χ3v) is 3.41. The molecular weight excluding hydrogens is 334 g/mol. The molecule has 0 amide bonds. The second-order valence-electron chi connectivity index (χ2n) is 4.57. The number of hydrogen-bond acceptors (Lipinski definition) is 4. The number of halogens is 1. The van der Waals surface area contributed by atoms with Gasteiger partial charge in [0.25, 0.3) is 0 Å².